The van der Waals surface area contributed by atoms with E-state index in [1.54, 1.807) is 0 Å². The van der Waals surface area contributed by atoms with E-state index in [4.69, 9.17) is 0 Å². The second-order valence-electron chi connectivity index (χ2n) is 7.12. The molecule has 3 rings (SSSR count). The highest BCUT2D eigenvalue weighted by atomic mass is 14.7. The Bertz CT molecular complexity index is 711. The maximum absolute atomic E-state index is 4.45. The van der Waals surface area contributed by atoms with Crippen molar-refractivity contribution in [2.45, 2.75) is 46.5 Å². The molecule has 0 spiro atoms. The molecule has 23 heavy (non-hydrogen) atoms. The number of benzene rings is 1. The highest BCUT2D eigenvalue weighted by molar-refractivity contribution is 5.65. The lowest BCUT2D eigenvalue weighted by molar-refractivity contribution is 0.466. The van der Waals surface area contributed by atoms with Gasteiger partial charge in [-0.2, -0.15) is 0 Å². The SMILES string of the molecule is C=C1C(C)CC(CC)C1c1cc(-c2ccc(C)nc2)ccc1C. The van der Waals surface area contributed by atoms with E-state index >= 15 is 0 Å². The number of pyridine rings is 1. The summed E-state index contributed by atoms with van der Waals surface area (Å²) in [6.07, 6.45) is 4.48. The number of aryl methyl sites for hydroxylation is 2. The van der Waals surface area contributed by atoms with Crippen molar-refractivity contribution in [1.29, 1.82) is 0 Å². The van der Waals surface area contributed by atoms with Gasteiger partial charge in [0, 0.05) is 23.4 Å². The van der Waals surface area contributed by atoms with Crippen LogP contribution in [-0.2, 0) is 0 Å². The third-order valence-corrected chi connectivity index (χ3v) is 5.54. The van der Waals surface area contributed by atoms with Gasteiger partial charge in [0.1, 0.15) is 0 Å². The number of rotatable bonds is 3. The highest BCUT2D eigenvalue weighted by Crippen LogP contribution is 2.49. The van der Waals surface area contributed by atoms with Crippen molar-refractivity contribution in [3.63, 3.8) is 0 Å². The minimum Gasteiger partial charge on any atom is -0.261 e. The molecule has 120 valence electrons. The molecule has 2 aromatic rings. The molecule has 1 heteroatoms. The Labute approximate surface area is 140 Å². The minimum atomic E-state index is 0.508. The molecule has 3 atom stereocenters. The maximum Gasteiger partial charge on any atom is 0.0373 e. The van der Waals surface area contributed by atoms with Gasteiger partial charge in [-0.05, 0) is 54.9 Å². The van der Waals surface area contributed by atoms with Crippen LogP contribution in [0.3, 0.4) is 0 Å². The molecule has 0 amide bonds. The van der Waals surface area contributed by atoms with Crippen molar-refractivity contribution >= 4 is 0 Å². The molecule has 0 N–H and O–H groups in total. The van der Waals surface area contributed by atoms with E-state index in [0.29, 0.717) is 11.8 Å². The lowest BCUT2D eigenvalue weighted by Gasteiger charge is -2.23. The predicted molar refractivity (Wildman–Crippen MR) is 98.6 cm³/mol. The van der Waals surface area contributed by atoms with Crippen LogP contribution in [0.25, 0.3) is 11.1 Å². The monoisotopic (exact) mass is 305 g/mol. The number of hydrogen-bond donors (Lipinski definition) is 0. The maximum atomic E-state index is 4.45. The van der Waals surface area contributed by atoms with Gasteiger partial charge in [-0.3, -0.25) is 4.98 Å². The quantitative estimate of drug-likeness (QED) is 0.627. The van der Waals surface area contributed by atoms with Crippen molar-refractivity contribution in [3.8, 4) is 11.1 Å². The van der Waals surface area contributed by atoms with Crippen molar-refractivity contribution in [1.82, 2.24) is 4.98 Å². The summed E-state index contributed by atoms with van der Waals surface area (Å²) in [5.74, 6) is 1.87. The van der Waals surface area contributed by atoms with Crippen LogP contribution in [0.2, 0.25) is 0 Å². The molecular weight excluding hydrogens is 278 g/mol. The first-order chi connectivity index (χ1) is 11.0. The van der Waals surface area contributed by atoms with E-state index in [-0.39, 0.29) is 0 Å². The van der Waals surface area contributed by atoms with Gasteiger partial charge in [0.2, 0.25) is 0 Å². The summed E-state index contributed by atoms with van der Waals surface area (Å²) in [5, 5.41) is 0. The Hall–Kier alpha value is -1.89. The lowest BCUT2D eigenvalue weighted by atomic mass is 9.82. The van der Waals surface area contributed by atoms with E-state index in [2.05, 4.69) is 62.7 Å². The molecule has 1 aliphatic carbocycles. The Morgan fingerprint density at radius 2 is 1.87 bits per heavy atom. The predicted octanol–water partition coefficient (Wildman–Crippen LogP) is 6.07. The molecule has 1 saturated carbocycles. The van der Waals surface area contributed by atoms with Gasteiger partial charge in [0.15, 0.2) is 0 Å². The van der Waals surface area contributed by atoms with E-state index in [1.165, 1.54) is 40.7 Å². The average Bonchev–Trinajstić information content (AvgIpc) is 2.84. The second kappa shape index (κ2) is 6.31. The Balaban J connectivity index is 2.04. The van der Waals surface area contributed by atoms with Gasteiger partial charge in [0.25, 0.3) is 0 Å². The van der Waals surface area contributed by atoms with Gasteiger partial charge in [-0.1, -0.05) is 56.7 Å². The molecule has 0 saturated heterocycles. The summed E-state index contributed by atoms with van der Waals surface area (Å²) < 4.78 is 0. The van der Waals surface area contributed by atoms with Crippen molar-refractivity contribution in [2.75, 3.05) is 0 Å². The zero-order valence-electron chi connectivity index (χ0n) is 14.8. The van der Waals surface area contributed by atoms with E-state index in [9.17, 15) is 0 Å². The van der Waals surface area contributed by atoms with Crippen LogP contribution in [0.15, 0.2) is 48.7 Å². The Kier molecular flexibility index (Phi) is 4.39. The molecule has 3 unspecified atom stereocenters. The first-order valence-electron chi connectivity index (χ1n) is 8.73. The number of nitrogens with zero attached hydrogens (tertiary/aromatic N) is 1. The van der Waals surface area contributed by atoms with Crippen molar-refractivity contribution in [2.24, 2.45) is 11.8 Å². The largest absolute Gasteiger partial charge is 0.261 e. The summed E-state index contributed by atoms with van der Waals surface area (Å²) in [6, 6.07) is 11.1. The topological polar surface area (TPSA) is 12.9 Å². The molecule has 1 aromatic carbocycles. The third kappa shape index (κ3) is 2.97. The smallest absolute Gasteiger partial charge is 0.0373 e. The highest BCUT2D eigenvalue weighted by Gasteiger charge is 2.35. The van der Waals surface area contributed by atoms with E-state index in [1.807, 2.05) is 13.1 Å². The fourth-order valence-corrected chi connectivity index (χ4v) is 4.00. The fraction of sp³-hybridized carbons (Fsp3) is 0.409. The normalized spacial score (nSPS) is 24.2. The molecule has 0 bridgehead atoms. The van der Waals surface area contributed by atoms with Gasteiger partial charge < -0.3 is 0 Å². The molecule has 0 aliphatic heterocycles. The van der Waals surface area contributed by atoms with Crippen molar-refractivity contribution in [3.05, 3.63) is 65.5 Å². The molecule has 1 heterocycles. The molecule has 0 radical (unpaired) electrons. The molecule has 1 nitrogen and oxygen atoms in total. The first kappa shape index (κ1) is 16.0. The molecule has 1 aromatic heterocycles. The lowest BCUT2D eigenvalue weighted by Crippen LogP contribution is -2.08. The fourth-order valence-electron chi connectivity index (χ4n) is 4.00. The first-order valence-corrected chi connectivity index (χ1v) is 8.73. The van der Waals surface area contributed by atoms with E-state index in [0.717, 1.165) is 11.6 Å². The van der Waals surface area contributed by atoms with Crippen LogP contribution in [0.1, 0.15) is 49.4 Å². The summed E-state index contributed by atoms with van der Waals surface area (Å²) in [6.45, 7) is 13.3. The number of hydrogen-bond acceptors (Lipinski definition) is 1. The number of allylic oxidation sites excluding steroid dienone is 1. The summed E-state index contributed by atoms with van der Waals surface area (Å²) >= 11 is 0. The van der Waals surface area contributed by atoms with Crippen LogP contribution in [0.5, 0.6) is 0 Å². The minimum absolute atomic E-state index is 0.508. The van der Waals surface area contributed by atoms with Gasteiger partial charge in [-0.25, -0.2) is 0 Å². The van der Waals surface area contributed by atoms with Gasteiger partial charge in [-0.15, -0.1) is 0 Å². The Morgan fingerprint density at radius 1 is 1.13 bits per heavy atom. The summed E-state index contributed by atoms with van der Waals surface area (Å²) in [5.41, 5.74) is 7.78. The van der Waals surface area contributed by atoms with Crippen LogP contribution >= 0.6 is 0 Å². The van der Waals surface area contributed by atoms with Crippen LogP contribution in [-0.4, -0.2) is 4.98 Å². The van der Waals surface area contributed by atoms with Gasteiger partial charge in [0.05, 0.1) is 0 Å². The third-order valence-electron chi connectivity index (χ3n) is 5.54. The van der Waals surface area contributed by atoms with Crippen LogP contribution in [0.4, 0.5) is 0 Å². The zero-order chi connectivity index (χ0) is 16.6. The summed E-state index contributed by atoms with van der Waals surface area (Å²) in [7, 11) is 0. The van der Waals surface area contributed by atoms with Crippen LogP contribution < -0.4 is 0 Å². The molecule has 1 aliphatic rings. The second-order valence-corrected chi connectivity index (χ2v) is 7.12. The molecular formula is C22H27N. The standard InChI is InChI=1S/C22H27N/c1-6-18-11-15(3)17(5)22(18)21-12-19(9-7-14(21)2)20-10-8-16(4)23-13-20/h7-10,12-13,15,18,22H,5-6,11H2,1-4H3. The van der Waals surface area contributed by atoms with Gasteiger partial charge >= 0.3 is 0 Å². The Morgan fingerprint density at radius 3 is 2.52 bits per heavy atom. The average molecular weight is 305 g/mol. The molecule has 1 fully saturated rings. The van der Waals surface area contributed by atoms with Crippen LogP contribution in [0, 0.1) is 25.7 Å². The zero-order valence-corrected chi connectivity index (χ0v) is 14.8. The summed E-state index contributed by atoms with van der Waals surface area (Å²) in [4.78, 5) is 4.45. The number of aromatic nitrogens is 1. The van der Waals surface area contributed by atoms with Crippen molar-refractivity contribution < 1.29 is 0 Å². The van der Waals surface area contributed by atoms with E-state index < -0.39 is 0 Å².